The van der Waals surface area contributed by atoms with Gasteiger partial charge in [-0.2, -0.15) is 0 Å². The van der Waals surface area contributed by atoms with Gasteiger partial charge in [0.25, 0.3) is 0 Å². The number of benzene rings is 1. The monoisotopic (exact) mass is 249 g/mol. The first-order chi connectivity index (χ1) is 8.20. The van der Waals surface area contributed by atoms with Gasteiger partial charge in [-0.25, -0.2) is 4.98 Å². The predicted molar refractivity (Wildman–Crippen MR) is 71.1 cm³/mol. The van der Waals surface area contributed by atoms with E-state index in [1.165, 1.54) is 0 Å². The second-order valence-electron chi connectivity index (χ2n) is 4.00. The van der Waals surface area contributed by atoms with Crippen LogP contribution in [-0.4, -0.2) is 17.4 Å². The van der Waals surface area contributed by atoms with Gasteiger partial charge in [0.2, 0.25) is 5.91 Å². The molecule has 1 unspecified atom stereocenters. The molecule has 0 spiro atoms. The second kappa shape index (κ2) is 5.25. The zero-order valence-corrected chi connectivity index (χ0v) is 10.5. The molecule has 2 rings (SSSR count). The zero-order valence-electron chi connectivity index (χ0n) is 9.64. The number of rotatable bonds is 4. The van der Waals surface area contributed by atoms with Crippen LogP contribution in [0.1, 0.15) is 13.3 Å². The maximum Gasteiger partial charge on any atom is 0.227 e. The van der Waals surface area contributed by atoms with Crippen LogP contribution in [0.4, 0.5) is 5.69 Å². The van der Waals surface area contributed by atoms with Crippen molar-refractivity contribution in [3.63, 3.8) is 0 Å². The highest BCUT2D eigenvalue weighted by molar-refractivity contribution is 7.16. The number of nitrogens with one attached hydrogen (secondary N) is 1. The van der Waals surface area contributed by atoms with Crippen molar-refractivity contribution in [3.05, 3.63) is 23.7 Å². The normalized spacial score (nSPS) is 12.6. The standard InChI is InChI=1S/C12H15N3OS/c1-8(4-5-13)12(16)15-9-2-3-10-11(6-9)17-7-14-10/h2-3,6-8H,4-5,13H2,1H3,(H,15,16). The fraction of sp³-hybridized carbons (Fsp3) is 0.333. The van der Waals surface area contributed by atoms with Crippen molar-refractivity contribution >= 4 is 33.1 Å². The number of aromatic nitrogens is 1. The number of nitrogens with zero attached hydrogens (tertiary/aromatic N) is 1. The molecule has 1 heterocycles. The first kappa shape index (κ1) is 12.0. The van der Waals surface area contributed by atoms with E-state index >= 15 is 0 Å². The number of hydrogen-bond acceptors (Lipinski definition) is 4. The Morgan fingerprint density at radius 3 is 3.18 bits per heavy atom. The van der Waals surface area contributed by atoms with E-state index in [0.29, 0.717) is 13.0 Å². The Morgan fingerprint density at radius 2 is 2.41 bits per heavy atom. The van der Waals surface area contributed by atoms with Crippen LogP contribution in [-0.2, 0) is 4.79 Å². The third-order valence-electron chi connectivity index (χ3n) is 2.65. The molecular formula is C12H15N3OS. The summed E-state index contributed by atoms with van der Waals surface area (Å²) in [5.41, 5.74) is 9.01. The van der Waals surface area contributed by atoms with Crippen LogP contribution in [0.3, 0.4) is 0 Å². The van der Waals surface area contributed by atoms with Crippen LogP contribution in [0.15, 0.2) is 23.7 Å². The van der Waals surface area contributed by atoms with Crippen molar-refractivity contribution in [1.82, 2.24) is 4.98 Å². The summed E-state index contributed by atoms with van der Waals surface area (Å²) in [5, 5.41) is 2.89. The zero-order chi connectivity index (χ0) is 12.3. The van der Waals surface area contributed by atoms with Gasteiger partial charge in [0, 0.05) is 11.6 Å². The van der Waals surface area contributed by atoms with Crippen LogP contribution in [0, 0.1) is 5.92 Å². The number of amides is 1. The molecule has 0 aliphatic heterocycles. The maximum absolute atomic E-state index is 11.8. The lowest BCUT2D eigenvalue weighted by atomic mass is 10.1. The molecule has 1 aromatic carbocycles. The molecule has 17 heavy (non-hydrogen) atoms. The number of carbonyl (C=O) groups excluding carboxylic acids is 1. The Balaban J connectivity index is 2.09. The Hall–Kier alpha value is -1.46. The summed E-state index contributed by atoms with van der Waals surface area (Å²) < 4.78 is 1.08. The van der Waals surface area contributed by atoms with Crippen molar-refractivity contribution in [1.29, 1.82) is 0 Å². The summed E-state index contributed by atoms with van der Waals surface area (Å²) in [7, 11) is 0. The SMILES string of the molecule is CC(CCN)C(=O)Nc1ccc2ncsc2c1. The molecule has 0 aliphatic carbocycles. The molecule has 0 fully saturated rings. The third kappa shape index (κ3) is 2.81. The number of thiazole rings is 1. The lowest BCUT2D eigenvalue weighted by Crippen LogP contribution is -2.22. The summed E-state index contributed by atoms with van der Waals surface area (Å²) in [6.07, 6.45) is 0.703. The number of carbonyl (C=O) groups is 1. The third-order valence-corrected chi connectivity index (χ3v) is 3.44. The van der Waals surface area contributed by atoms with Crippen molar-refractivity contribution < 1.29 is 4.79 Å². The van der Waals surface area contributed by atoms with E-state index in [2.05, 4.69) is 10.3 Å². The van der Waals surface area contributed by atoms with Crippen molar-refractivity contribution in [2.24, 2.45) is 11.7 Å². The summed E-state index contributed by atoms with van der Waals surface area (Å²) >= 11 is 1.56. The fourth-order valence-electron chi connectivity index (χ4n) is 1.58. The van der Waals surface area contributed by atoms with Crippen LogP contribution >= 0.6 is 11.3 Å². The summed E-state index contributed by atoms with van der Waals surface area (Å²) in [6, 6.07) is 5.73. The lowest BCUT2D eigenvalue weighted by molar-refractivity contribution is -0.119. The summed E-state index contributed by atoms with van der Waals surface area (Å²) in [5.74, 6) is -0.0449. The van der Waals surface area contributed by atoms with Gasteiger partial charge in [0.15, 0.2) is 0 Å². The molecular weight excluding hydrogens is 234 g/mol. The Bertz CT molecular complexity index is 523. The van der Waals surface area contributed by atoms with E-state index in [1.54, 1.807) is 16.8 Å². The van der Waals surface area contributed by atoms with Crippen LogP contribution < -0.4 is 11.1 Å². The number of fused-ring (bicyclic) bond motifs is 1. The van der Waals surface area contributed by atoms with Crippen LogP contribution in [0.2, 0.25) is 0 Å². The van der Waals surface area contributed by atoms with Gasteiger partial charge < -0.3 is 11.1 Å². The summed E-state index contributed by atoms with van der Waals surface area (Å²) in [6.45, 7) is 2.41. The van der Waals surface area contributed by atoms with Gasteiger partial charge in [-0.1, -0.05) is 6.92 Å². The Morgan fingerprint density at radius 1 is 1.59 bits per heavy atom. The smallest absolute Gasteiger partial charge is 0.227 e. The van der Waals surface area contributed by atoms with E-state index in [0.717, 1.165) is 15.9 Å². The number of nitrogens with two attached hydrogens (primary N) is 1. The van der Waals surface area contributed by atoms with Crippen molar-refractivity contribution in [3.8, 4) is 0 Å². The minimum Gasteiger partial charge on any atom is -0.330 e. The first-order valence-corrected chi connectivity index (χ1v) is 6.43. The average Bonchev–Trinajstić information content (AvgIpc) is 2.76. The molecule has 0 radical (unpaired) electrons. The van der Waals surface area contributed by atoms with Gasteiger partial charge in [-0.15, -0.1) is 11.3 Å². The van der Waals surface area contributed by atoms with Gasteiger partial charge in [0.05, 0.1) is 15.7 Å². The highest BCUT2D eigenvalue weighted by atomic mass is 32.1. The predicted octanol–water partition coefficient (Wildman–Crippen LogP) is 2.22. The van der Waals surface area contributed by atoms with Gasteiger partial charge in [0.1, 0.15) is 0 Å². The molecule has 0 bridgehead atoms. The molecule has 5 heteroatoms. The van der Waals surface area contributed by atoms with Crippen LogP contribution in [0.5, 0.6) is 0 Å². The van der Waals surface area contributed by atoms with Gasteiger partial charge in [-0.05, 0) is 31.2 Å². The maximum atomic E-state index is 11.8. The molecule has 0 saturated carbocycles. The van der Waals surface area contributed by atoms with Crippen LogP contribution in [0.25, 0.3) is 10.2 Å². The fourth-order valence-corrected chi connectivity index (χ4v) is 2.30. The second-order valence-corrected chi connectivity index (χ2v) is 4.89. The molecule has 0 saturated heterocycles. The van der Waals surface area contributed by atoms with Gasteiger partial charge >= 0.3 is 0 Å². The molecule has 4 nitrogen and oxygen atoms in total. The highest BCUT2D eigenvalue weighted by Gasteiger charge is 2.12. The molecule has 1 atom stereocenters. The Labute approximate surface area is 104 Å². The molecule has 90 valence electrons. The van der Waals surface area contributed by atoms with E-state index in [-0.39, 0.29) is 11.8 Å². The number of anilines is 1. The van der Waals surface area contributed by atoms with E-state index in [4.69, 9.17) is 5.73 Å². The van der Waals surface area contributed by atoms with Gasteiger partial charge in [-0.3, -0.25) is 4.79 Å². The minimum absolute atomic E-state index is 0.0133. The molecule has 1 aromatic heterocycles. The first-order valence-electron chi connectivity index (χ1n) is 5.55. The molecule has 1 amide bonds. The average molecular weight is 249 g/mol. The molecule has 2 aromatic rings. The number of hydrogen-bond donors (Lipinski definition) is 2. The van der Waals surface area contributed by atoms with Crippen molar-refractivity contribution in [2.75, 3.05) is 11.9 Å². The topological polar surface area (TPSA) is 68.0 Å². The van der Waals surface area contributed by atoms with Crippen molar-refractivity contribution in [2.45, 2.75) is 13.3 Å². The minimum atomic E-state index is -0.0582. The largest absolute Gasteiger partial charge is 0.330 e. The van der Waals surface area contributed by atoms with E-state index in [1.807, 2.05) is 25.1 Å². The quantitative estimate of drug-likeness (QED) is 0.873. The molecule has 0 aliphatic rings. The summed E-state index contributed by atoms with van der Waals surface area (Å²) in [4.78, 5) is 16.0. The van der Waals surface area contributed by atoms with E-state index in [9.17, 15) is 4.79 Å². The highest BCUT2D eigenvalue weighted by Crippen LogP contribution is 2.22. The Kier molecular flexibility index (Phi) is 3.71. The van der Waals surface area contributed by atoms with E-state index < -0.39 is 0 Å². The lowest BCUT2D eigenvalue weighted by Gasteiger charge is -2.10. The molecule has 3 N–H and O–H groups in total.